The monoisotopic (exact) mass is 210 g/mol. The zero-order valence-corrected chi connectivity index (χ0v) is 8.05. The molecule has 0 spiro atoms. The first-order valence-electron chi connectivity index (χ1n) is 4.16. The van der Waals surface area contributed by atoms with Gasteiger partial charge in [0, 0.05) is 5.56 Å². The minimum absolute atomic E-state index is 0.266. The highest BCUT2D eigenvalue weighted by atomic mass is 35.5. The molecule has 4 heteroatoms. The summed E-state index contributed by atoms with van der Waals surface area (Å²) in [5.41, 5.74) is 1.16. The number of nitrogens with one attached hydrogen (secondary N) is 1. The second kappa shape index (κ2) is 3.80. The van der Waals surface area contributed by atoms with Crippen LogP contribution < -0.4 is 0 Å². The highest BCUT2D eigenvalue weighted by Gasteiger charge is 2.06. The van der Waals surface area contributed by atoms with E-state index in [0.717, 1.165) is 0 Å². The molecule has 1 aromatic heterocycles. The Morgan fingerprint density at radius 1 is 1.36 bits per heavy atom. The van der Waals surface area contributed by atoms with Gasteiger partial charge in [-0.15, -0.1) is 11.6 Å². The van der Waals surface area contributed by atoms with Crippen LogP contribution >= 0.6 is 11.6 Å². The van der Waals surface area contributed by atoms with Crippen molar-refractivity contribution in [3.05, 3.63) is 42.1 Å². The molecule has 0 atom stereocenters. The average Bonchev–Trinajstić information content (AvgIpc) is 2.67. The van der Waals surface area contributed by atoms with Crippen LogP contribution in [0.2, 0.25) is 0 Å². The predicted molar refractivity (Wildman–Crippen MR) is 53.5 cm³/mol. The highest BCUT2D eigenvalue weighted by Crippen LogP contribution is 2.20. The molecule has 0 radical (unpaired) electrons. The molecule has 0 saturated carbocycles. The van der Waals surface area contributed by atoms with E-state index in [4.69, 9.17) is 11.6 Å². The molecular weight excluding hydrogens is 203 g/mol. The Labute approximate surface area is 85.8 Å². The molecule has 0 bridgehead atoms. The van der Waals surface area contributed by atoms with Gasteiger partial charge in [-0.05, 0) is 12.1 Å². The number of rotatable bonds is 2. The molecule has 1 N–H and O–H groups in total. The lowest BCUT2D eigenvalue weighted by atomic mass is 10.1. The normalized spacial score (nSPS) is 10.4. The molecule has 0 aliphatic rings. The Hall–Kier alpha value is -1.35. The van der Waals surface area contributed by atoms with E-state index in [9.17, 15) is 4.39 Å². The van der Waals surface area contributed by atoms with E-state index in [0.29, 0.717) is 23.0 Å². The minimum atomic E-state index is -0.266. The number of alkyl halides is 1. The van der Waals surface area contributed by atoms with Crippen molar-refractivity contribution >= 4 is 11.6 Å². The van der Waals surface area contributed by atoms with Crippen molar-refractivity contribution in [2.24, 2.45) is 0 Å². The van der Waals surface area contributed by atoms with E-state index < -0.39 is 0 Å². The molecule has 1 heterocycles. The SMILES string of the molecule is Fc1ccccc1-c1cnc(CCl)[nH]1. The molecule has 0 saturated heterocycles. The molecule has 0 amide bonds. The first-order chi connectivity index (χ1) is 6.81. The minimum Gasteiger partial charge on any atom is -0.341 e. The molecule has 0 fully saturated rings. The lowest BCUT2D eigenvalue weighted by Gasteiger charge is -1.97. The van der Waals surface area contributed by atoms with E-state index in [1.54, 1.807) is 24.4 Å². The first kappa shape index (κ1) is 9.21. The number of hydrogen-bond acceptors (Lipinski definition) is 1. The van der Waals surface area contributed by atoms with Crippen LogP contribution in [0, 0.1) is 5.82 Å². The Bertz CT molecular complexity index is 439. The zero-order valence-electron chi connectivity index (χ0n) is 7.30. The summed E-state index contributed by atoms with van der Waals surface area (Å²) in [6.45, 7) is 0. The van der Waals surface area contributed by atoms with Crippen LogP contribution in [0.15, 0.2) is 30.5 Å². The Morgan fingerprint density at radius 3 is 2.79 bits per heavy atom. The quantitative estimate of drug-likeness (QED) is 0.759. The molecule has 2 aromatic rings. The Morgan fingerprint density at radius 2 is 2.14 bits per heavy atom. The molecule has 14 heavy (non-hydrogen) atoms. The fraction of sp³-hybridized carbons (Fsp3) is 0.100. The van der Waals surface area contributed by atoms with Gasteiger partial charge >= 0.3 is 0 Å². The average molecular weight is 211 g/mol. The number of aromatic nitrogens is 2. The van der Waals surface area contributed by atoms with Gasteiger partial charge in [0.15, 0.2) is 0 Å². The van der Waals surface area contributed by atoms with Crippen molar-refractivity contribution < 1.29 is 4.39 Å². The summed E-state index contributed by atoms with van der Waals surface area (Å²) < 4.78 is 13.3. The Balaban J connectivity index is 2.44. The van der Waals surface area contributed by atoms with Gasteiger partial charge in [-0.2, -0.15) is 0 Å². The molecule has 0 unspecified atom stereocenters. The molecular formula is C10H8ClFN2. The first-order valence-corrected chi connectivity index (χ1v) is 4.69. The number of halogens is 2. The number of H-pyrrole nitrogens is 1. The number of nitrogens with zero attached hydrogens (tertiary/aromatic N) is 1. The van der Waals surface area contributed by atoms with Gasteiger partial charge in [-0.1, -0.05) is 12.1 Å². The molecule has 1 aromatic carbocycles. The van der Waals surface area contributed by atoms with Crippen molar-refractivity contribution in [3.8, 4) is 11.3 Å². The topological polar surface area (TPSA) is 28.7 Å². The van der Waals surface area contributed by atoms with Gasteiger partial charge in [0.2, 0.25) is 0 Å². The van der Waals surface area contributed by atoms with Crippen LogP contribution in [-0.2, 0) is 5.88 Å². The summed E-state index contributed by atoms with van der Waals surface area (Å²) in [7, 11) is 0. The third kappa shape index (κ3) is 1.63. The van der Waals surface area contributed by atoms with E-state index >= 15 is 0 Å². The second-order valence-electron chi connectivity index (χ2n) is 2.86. The largest absolute Gasteiger partial charge is 0.341 e. The maximum atomic E-state index is 13.3. The van der Waals surface area contributed by atoms with Crippen molar-refractivity contribution in [2.45, 2.75) is 5.88 Å². The fourth-order valence-electron chi connectivity index (χ4n) is 1.25. The number of hydrogen-bond donors (Lipinski definition) is 1. The van der Waals surface area contributed by atoms with Crippen molar-refractivity contribution in [1.29, 1.82) is 0 Å². The van der Waals surface area contributed by atoms with Gasteiger partial charge in [-0.25, -0.2) is 9.37 Å². The van der Waals surface area contributed by atoms with Gasteiger partial charge in [0.25, 0.3) is 0 Å². The summed E-state index contributed by atoms with van der Waals surface area (Å²) >= 11 is 5.58. The summed E-state index contributed by atoms with van der Waals surface area (Å²) in [4.78, 5) is 6.93. The summed E-state index contributed by atoms with van der Waals surface area (Å²) in [5, 5.41) is 0. The van der Waals surface area contributed by atoms with Crippen molar-refractivity contribution in [1.82, 2.24) is 9.97 Å². The molecule has 72 valence electrons. The molecule has 2 nitrogen and oxygen atoms in total. The summed E-state index contributed by atoms with van der Waals surface area (Å²) in [6, 6.07) is 6.54. The van der Waals surface area contributed by atoms with Crippen LogP contribution in [0.25, 0.3) is 11.3 Å². The molecule has 0 aliphatic carbocycles. The van der Waals surface area contributed by atoms with Gasteiger partial charge in [0.05, 0.1) is 17.8 Å². The van der Waals surface area contributed by atoms with Gasteiger partial charge < -0.3 is 4.98 Å². The maximum absolute atomic E-state index is 13.3. The van der Waals surface area contributed by atoms with Crippen molar-refractivity contribution in [3.63, 3.8) is 0 Å². The third-order valence-corrected chi connectivity index (χ3v) is 2.17. The van der Waals surface area contributed by atoms with Crippen LogP contribution in [-0.4, -0.2) is 9.97 Å². The Kier molecular flexibility index (Phi) is 2.50. The number of benzene rings is 1. The lowest BCUT2D eigenvalue weighted by molar-refractivity contribution is 0.631. The summed E-state index contributed by atoms with van der Waals surface area (Å²) in [5.74, 6) is 0.677. The van der Waals surface area contributed by atoms with E-state index in [2.05, 4.69) is 9.97 Å². The summed E-state index contributed by atoms with van der Waals surface area (Å²) in [6.07, 6.45) is 1.58. The van der Waals surface area contributed by atoms with E-state index in [1.807, 2.05) is 0 Å². The number of aromatic amines is 1. The van der Waals surface area contributed by atoms with Crippen LogP contribution in [0.1, 0.15) is 5.82 Å². The maximum Gasteiger partial charge on any atom is 0.132 e. The van der Waals surface area contributed by atoms with Crippen molar-refractivity contribution in [2.75, 3.05) is 0 Å². The predicted octanol–water partition coefficient (Wildman–Crippen LogP) is 2.95. The van der Waals surface area contributed by atoms with Gasteiger partial charge in [-0.3, -0.25) is 0 Å². The smallest absolute Gasteiger partial charge is 0.132 e. The zero-order chi connectivity index (χ0) is 9.97. The molecule has 0 aliphatic heterocycles. The number of imidazole rings is 1. The van der Waals surface area contributed by atoms with Crippen LogP contribution in [0.3, 0.4) is 0 Å². The van der Waals surface area contributed by atoms with E-state index in [-0.39, 0.29) is 5.82 Å². The van der Waals surface area contributed by atoms with Gasteiger partial charge in [0.1, 0.15) is 11.6 Å². The third-order valence-electron chi connectivity index (χ3n) is 1.92. The lowest BCUT2D eigenvalue weighted by Crippen LogP contribution is -1.84. The van der Waals surface area contributed by atoms with E-state index in [1.165, 1.54) is 6.07 Å². The fourth-order valence-corrected chi connectivity index (χ4v) is 1.38. The molecule has 2 rings (SSSR count). The standard InChI is InChI=1S/C10H8ClFN2/c11-5-10-13-6-9(14-10)7-3-1-2-4-8(7)12/h1-4,6H,5H2,(H,13,14). The second-order valence-corrected chi connectivity index (χ2v) is 3.12. The highest BCUT2D eigenvalue weighted by molar-refractivity contribution is 6.16. The van der Waals surface area contributed by atoms with Crippen LogP contribution in [0.4, 0.5) is 4.39 Å². The van der Waals surface area contributed by atoms with Crippen LogP contribution in [0.5, 0.6) is 0 Å².